The molecule has 3 aromatic rings. The van der Waals surface area contributed by atoms with Crippen LogP contribution in [-0.4, -0.2) is 0 Å². The molecule has 1 N–H and O–H groups in total. The van der Waals surface area contributed by atoms with Crippen LogP contribution in [0.4, 0.5) is 0 Å². The lowest BCUT2D eigenvalue weighted by molar-refractivity contribution is -0.607. The third-order valence-corrected chi connectivity index (χ3v) is 5.56. The molecule has 0 fully saturated rings. The largest absolute Gasteiger partial charge is 0.576 e. The highest BCUT2D eigenvalue weighted by Crippen LogP contribution is 2.13. The second kappa shape index (κ2) is 5.05. The van der Waals surface area contributed by atoms with Gasteiger partial charge in [-0.15, -0.1) is 0 Å². The van der Waals surface area contributed by atoms with Crippen LogP contribution in [0, 0.1) is 12.5 Å². The van der Waals surface area contributed by atoms with Gasteiger partial charge in [-0.1, -0.05) is 36.4 Å². The maximum absolute atomic E-state index is 12.0. The molecule has 0 unspecified atom stereocenters. The molecule has 4 heteroatoms. The summed E-state index contributed by atoms with van der Waals surface area (Å²) in [5.41, 5.74) is 0.485. The lowest BCUT2D eigenvalue weighted by Crippen LogP contribution is -3.62. The highest BCUT2D eigenvalue weighted by Gasteiger charge is 2.21. The maximum atomic E-state index is 12.0. The molecule has 3 nitrogen and oxygen atoms in total. The Morgan fingerprint density at radius 1 is 0.947 bits per heavy atom. The van der Waals surface area contributed by atoms with Gasteiger partial charge in [-0.05, 0) is 18.2 Å². The van der Waals surface area contributed by atoms with E-state index in [1.54, 1.807) is 12.1 Å². The van der Waals surface area contributed by atoms with E-state index in [0.717, 1.165) is 3.57 Å². The predicted molar refractivity (Wildman–Crippen MR) is 65.4 cm³/mol. The first-order chi connectivity index (χ1) is 9.25. The Morgan fingerprint density at radius 2 is 1.63 bits per heavy atom. The van der Waals surface area contributed by atoms with Gasteiger partial charge in [0.05, 0.1) is 0 Å². The molecule has 0 bridgehead atoms. The third kappa shape index (κ3) is 2.35. The fourth-order valence-corrected chi connectivity index (χ4v) is 4.09. The normalized spacial score (nSPS) is 10.7. The number of nitrogens with one attached hydrogen (secondary N) is 1. The molecule has 0 spiro atoms. The fraction of sp³-hybridized carbons (Fsp3) is 0. The Kier molecular flexibility index (Phi) is 3.25. The number of halogens is 1. The lowest BCUT2D eigenvalue weighted by Gasteiger charge is -2.07. The summed E-state index contributed by atoms with van der Waals surface area (Å²) in [6.45, 7) is 0. The molecule has 0 aliphatic heterocycles. The van der Waals surface area contributed by atoms with Crippen molar-refractivity contribution in [1.29, 1.82) is 5.41 Å². The molecule has 0 saturated heterocycles. The highest BCUT2D eigenvalue weighted by molar-refractivity contribution is 5.75. The van der Waals surface area contributed by atoms with E-state index in [0.29, 0.717) is 19.9 Å². The Bertz CT molecular complexity index is 781. The van der Waals surface area contributed by atoms with Crippen molar-refractivity contribution in [2.75, 3.05) is 0 Å². The quantitative estimate of drug-likeness (QED) is 0.601. The van der Waals surface area contributed by atoms with E-state index in [1.165, 1.54) is 0 Å². The first kappa shape index (κ1) is 12.2. The van der Waals surface area contributed by atoms with Crippen LogP contribution in [0.1, 0.15) is 0 Å². The standard InChI is InChI=1S/C15H10INO2/c17-14-11-8-4-5-9-12(11)19-15(18)13(14)16-10-6-2-1-3-7-10/h1-9H,(H-,17,18). The molecule has 0 atom stereocenters. The number of hydrogen-bond donors (Lipinski definition) is 1. The monoisotopic (exact) mass is 363 g/mol. The molecular formula is C15H10INO2. The molecule has 0 saturated carbocycles. The molecule has 0 radical (unpaired) electrons. The van der Waals surface area contributed by atoms with Gasteiger partial charge in [0.2, 0.25) is 3.57 Å². The molecule has 2 aromatic carbocycles. The van der Waals surface area contributed by atoms with Crippen molar-refractivity contribution in [2.45, 2.75) is 0 Å². The molecule has 0 aliphatic carbocycles. The predicted octanol–water partition coefficient (Wildman–Crippen LogP) is -0.886. The van der Waals surface area contributed by atoms with Crippen LogP contribution >= 0.6 is 0 Å². The van der Waals surface area contributed by atoms with Crippen molar-refractivity contribution < 1.29 is 30.7 Å². The van der Waals surface area contributed by atoms with Gasteiger partial charge in [-0.3, -0.25) is 5.41 Å². The van der Waals surface area contributed by atoms with Gasteiger partial charge in [0, 0.05) is 11.0 Å². The number of fused-ring (bicyclic) bond motifs is 1. The summed E-state index contributed by atoms with van der Waals surface area (Å²) in [4.78, 5) is 0. The van der Waals surface area contributed by atoms with Crippen molar-refractivity contribution in [3.63, 3.8) is 0 Å². The highest BCUT2D eigenvalue weighted by atomic mass is 127. The summed E-state index contributed by atoms with van der Waals surface area (Å²) in [5.74, 6) is -0.375. The third-order valence-electron chi connectivity index (χ3n) is 2.69. The second-order valence-corrected chi connectivity index (χ2v) is 6.83. The first-order valence-electron chi connectivity index (χ1n) is 5.73. The van der Waals surface area contributed by atoms with Crippen LogP contribution in [0.25, 0.3) is 11.0 Å². The zero-order valence-corrected chi connectivity index (χ0v) is 12.0. The van der Waals surface area contributed by atoms with Crippen LogP contribution in [0.15, 0.2) is 59.0 Å². The zero-order valence-electron chi connectivity index (χ0n) is 9.89. The van der Waals surface area contributed by atoms with Crippen molar-refractivity contribution in [2.24, 2.45) is 0 Å². The van der Waals surface area contributed by atoms with Crippen LogP contribution in [0.5, 0.6) is 5.95 Å². The van der Waals surface area contributed by atoms with E-state index in [1.807, 2.05) is 42.5 Å². The Balaban J connectivity index is 2.16. The zero-order chi connectivity index (χ0) is 13.2. The molecule has 3 rings (SSSR count). The van der Waals surface area contributed by atoms with Crippen molar-refractivity contribution in [3.8, 4) is 5.95 Å². The van der Waals surface area contributed by atoms with Gasteiger partial charge in [0.25, 0.3) is 0 Å². The van der Waals surface area contributed by atoms with Crippen LogP contribution in [0.2, 0.25) is 0 Å². The summed E-state index contributed by atoms with van der Waals surface area (Å²) < 4.78 is 6.92. The van der Waals surface area contributed by atoms with E-state index >= 15 is 0 Å². The minimum Gasteiger partial charge on any atom is -0.576 e. The number of hydrogen-bond acceptors (Lipinski definition) is 3. The van der Waals surface area contributed by atoms with E-state index in [2.05, 4.69) is 0 Å². The van der Waals surface area contributed by atoms with E-state index in [9.17, 15) is 5.11 Å². The second-order valence-electron chi connectivity index (χ2n) is 3.96. The van der Waals surface area contributed by atoms with Gasteiger partial charge < -0.3 is 9.52 Å². The van der Waals surface area contributed by atoms with Crippen molar-refractivity contribution in [1.82, 2.24) is 0 Å². The average Bonchev–Trinajstić information content (AvgIpc) is 2.45. The summed E-state index contributed by atoms with van der Waals surface area (Å²) in [5, 5.41) is 21.2. The van der Waals surface area contributed by atoms with E-state index in [-0.39, 0.29) is 5.95 Å². The van der Waals surface area contributed by atoms with Crippen LogP contribution < -0.4 is 31.7 Å². The average molecular weight is 363 g/mol. The van der Waals surface area contributed by atoms with Gasteiger partial charge >= 0.3 is 21.2 Å². The minimum atomic E-state index is -0.683. The SMILES string of the molecule is N=c1c([I+]c2ccccc2)c([O-])oc2ccccc12. The molecular weight excluding hydrogens is 353 g/mol. The number of rotatable bonds is 2. The molecule has 0 amide bonds. The molecule has 19 heavy (non-hydrogen) atoms. The van der Waals surface area contributed by atoms with E-state index in [4.69, 9.17) is 9.83 Å². The Labute approximate surface area is 120 Å². The summed E-state index contributed by atoms with van der Waals surface area (Å²) in [7, 11) is 0. The molecule has 1 heterocycles. The smallest absolute Gasteiger partial charge is 0.362 e. The van der Waals surface area contributed by atoms with Crippen molar-refractivity contribution in [3.05, 3.63) is 67.1 Å². The first-order valence-corrected chi connectivity index (χ1v) is 7.89. The lowest BCUT2D eigenvalue weighted by atomic mass is 10.2. The molecule has 0 aliphatic rings. The van der Waals surface area contributed by atoms with Gasteiger partial charge in [-0.25, -0.2) is 0 Å². The topological polar surface area (TPSA) is 60.0 Å². The number of para-hydroxylation sites is 1. The van der Waals surface area contributed by atoms with Gasteiger partial charge in [0.1, 0.15) is 11.3 Å². The number of benzene rings is 2. The van der Waals surface area contributed by atoms with E-state index < -0.39 is 21.2 Å². The Morgan fingerprint density at radius 3 is 2.42 bits per heavy atom. The fourth-order valence-electron chi connectivity index (χ4n) is 1.80. The van der Waals surface area contributed by atoms with Crippen LogP contribution in [-0.2, 0) is 0 Å². The van der Waals surface area contributed by atoms with Crippen LogP contribution in [0.3, 0.4) is 0 Å². The molecule has 94 valence electrons. The Hall–Kier alpha value is -1.82. The summed E-state index contributed by atoms with van der Waals surface area (Å²) in [6.07, 6.45) is 0. The van der Waals surface area contributed by atoms with Crippen molar-refractivity contribution >= 4 is 11.0 Å². The molecule has 1 aromatic heterocycles. The van der Waals surface area contributed by atoms with Gasteiger partial charge in [0.15, 0.2) is 3.57 Å². The minimum absolute atomic E-state index is 0.309. The maximum Gasteiger partial charge on any atom is 0.362 e. The summed E-state index contributed by atoms with van der Waals surface area (Å²) >= 11 is -0.683. The van der Waals surface area contributed by atoms with Gasteiger partial charge in [-0.2, -0.15) is 0 Å². The summed E-state index contributed by atoms with van der Waals surface area (Å²) in [6, 6.07) is 17.0.